The van der Waals surface area contributed by atoms with Crippen molar-refractivity contribution in [2.45, 2.75) is 32.2 Å². The van der Waals surface area contributed by atoms with Gasteiger partial charge in [-0.25, -0.2) is 9.97 Å². The Kier molecular flexibility index (Phi) is 3.85. The third kappa shape index (κ3) is 2.62. The highest BCUT2D eigenvalue weighted by atomic mass is 35.5. The third-order valence-corrected chi connectivity index (χ3v) is 3.78. The lowest BCUT2D eigenvalue weighted by Crippen LogP contribution is -2.09. The first-order valence-electron chi connectivity index (χ1n) is 6.77. The van der Waals surface area contributed by atoms with Gasteiger partial charge in [-0.3, -0.25) is 0 Å². The highest BCUT2D eigenvalue weighted by Gasteiger charge is 2.17. The molecule has 0 amide bonds. The summed E-state index contributed by atoms with van der Waals surface area (Å²) >= 11 is 6.03. The minimum absolute atomic E-state index is 0.403. The van der Waals surface area contributed by atoms with E-state index in [0.29, 0.717) is 23.2 Å². The van der Waals surface area contributed by atoms with E-state index in [2.05, 4.69) is 9.97 Å². The summed E-state index contributed by atoms with van der Waals surface area (Å²) in [4.78, 5) is 8.61. The molecule has 0 atom stereocenters. The minimum atomic E-state index is 0.403. The maximum Gasteiger partial charge on any atom is 0.225 e. The van der Waals surface area contributed by atoms with Gasteiger partial charge in [0.05, 0.1) is 5.69 Å². The van der Waals surface area contributed by atoms with Crippen molar-refractivity contribution in [2.24, 2.45) is 5.73 Å². The van der Waals surface area contributed by atoms with Crippen molar-refractivity contribution in [3.05, 3.63) is 46.4 Å². The second-order valence-corrected chi connectivity index (χ2v) is 5.31. The summed E-state index contributed by atoms with van der Waals surface area (Å²) in [6.07, 6.45) is 5.84. The molecule has 1 heterocycles. The molecule has 2 aromatic rings. The van der Waals surface area contributed by atoms with Crippen LogP contribution in [0.1, 0.15) is 29.7 Å². The SMILES string of the molecule is NCc1ccc(Cl)cc1Oc1ncnc2c1CCCC2. The van der Waals surface area contributed by atoms with Gasteiger partial charge in [-0.15, -0.1) is 0 Å². The normalized spacial score (nSPS) is 13.9. The Morgan fingerprint density at radius 1 is 1.20 bits per heavy atom. The molecule has 0 saturated heterocycles. The van der Waals surface area contributed by atoms with Crippen LogP contribution in [-0.2, 0) is 19.4 Å². The first kappa shape index (κ1) is 13.3. The largest absolute Gasteiger partial charge is 0.438 e. The number of halogens is 1. The van der Waals surface area contributed by atoms with Gasteiger partial charge in [0.1, 0.15) is 12.1 Å². The van der Waals surface area contributed by atoms with Crippen LogP contribution in [0.25, 0.3) is 0 Å². The van der Waals surface area contributed by atoms with Crippen molar-refractivity contribution in [1.29, 1.82) is 0 Å². The summed E-state index contributed by atoms with van der Waals surface area (Å²) in [6.45, 7) is 0.403. The number of aryl methyl sites for hydroxylation is 1. The van der Waals surface area contributed by atoms with Crippen LogP contribution < -0.4 is 10.5 Å². The van der Waals surface area contributed by atoms with Gasteiger partial charge in [0.15, 0.2) is 0 Å². The molecule has 0 saturated carbocycles. The molecular formula is C15H16ClN3O. The van der Waals surface area contributed by atoms with E-state index in [1.54, 1.807) is 12.4 Å². The summed E-state index contributed by atoms with van der Waals surface area (Å²) in [5, 5.41) is 0.625. The first-order valence-corrected chi connectivity index (χ1v) is 7.15. The maximum absolute atomic E-state index is 6.03. The maximum atomic E-state index is 6.03. The van der Waals surface area contributed by atoms with Crippen LogP contribution in [0.5, 0.6) is 11.6 Å². The van der Waals surface area contributed by atoms with E-state index in [1.165, 1.54) is 6.42 Å². The number of benzene rings is 1. The van der Waals surface area contributed by atoms with Crippen LogP contribution in [-0.4, -0.2) is 9.97 Å². The molecule has 104 valence electrons. The summed E-state index contributed by atoms with van der Waals surface area (Å²) in [7, 11) is 0. The fourth-order valence-electron chi connectivity index (χ4n) is 2.48. The van der Waals surface area contributed by atoms with Gasteiger partial charge < -0.3 is 10.5 Å². The topological polar surface area (TPSA) is 61.0 Å². The Balaban J connectivity index is 1.97. The average Bonchev–Trinajstić information content (AvgIpc) is 2.48. The van der Waals surface area contributed by atoms with Crippen molar-refractivity contribution >= 4 is 11.6 Å². The smallest absolute Gasteiger partial charge is 0.225 e. The molecule has 1 aliphatic rings. The lowest BCUT2D eigenvalue weighted by atomic mass is 9.97. The van der Waals surface area contributed by atoms with E-state index in [9.17, 15) is 0 Å². The lowest BCUT2D eigenvalue weighted by molar-refractivity contribution is 0.442. The number of fused-ring (bicyclic) bond motifs is 1. The molecule has 3 rings (SSSR count). The van der Waals surface area contributed by atoms with E-state index in [4.69, 9.17) is 22.1 Å². The van der Waals surface area contributed by atoms with Gasteiger partial charge in [-0.1, -0.05) is 17.7 Å². The number of rotatable bonds is 3. The second kappa shape index (κ2) is 5.77. The third-order valence-electron chi connectivity index (χ3n) is 3.54. The van der Waals surface area contributed by atoms with Crippen molar-refractivity contribution < 1.29 is 4.74 Å². The van der Waals surface area contributed by atoms with E-state index >= 15 is 0 Å². The minimum Gasteiger partial charge on any atom is -0.438 e. The fraction of sp³-hybridized carbons (Fsp3) is 0.333. The lowest BCUT2D eigenvalue weighted by Gasteiger charge is -2.18. The Labute approximate surface area is 123 Å². The number of aromatic nitrogens is 2. The first-order chi connectivity index (χ1) is 9.78. The summed E-state index contributed by atoms with van der Waals surface area (Å²) in [6, 6.07) is 5.47. The van der Waals surface area contributed by atoms with Gasteiger partial charge >= 0.3 is 0 Å². The molecular weight excluding hydrogens is 274 g/mol. The molecule has 0 radical (unpaired) electrons. The molecule has 0 aliphatic heterocycles. The Hall–Kier alpha value is -1.65. The zero-order valence-electron chi connectivity index (χ0n) is 11.1. The van der Waals surface area contributed by atoms with Gasteiger partial charge in [0, 0.05) is 22.7 Å². The van der Waals surface area contributed by atoms with Gasteiger partial charge in [0.2, 0.25) is 5.88 Å². The van der Waals surface area contributed by atoms with Crippen molar-refractivity contribution in [1.82, 2.24) is 9.97 Å². The Morgan fingerprint density at radius 3 is 2.90 bits per heavy atom. The van der Waals surface area contributed by atoms with Gasteiger partial charge in [-0.2, -0.15) is 0 Å². The molecule has 2 N–H and O–H groups in total. The van der Waals surface area contributed by atoms with E-state index in [0.717, 1.165) is 36.1 Å². The molecule has 0 unspecified atom stereocenters. The summed E-state index contributed by atoms with van der Waals surface area (Å²) < 4.78 is 5.96. The average molecular weight is 290 g/mol. The molecule has 20 heavy (non-hydrogen) atoms. The van der Waals surface area contributed by atoms with Crippen LogP contribution in [0.2, 0.25) is 5.02 Å². The Morgan fingerprint density at radius 2 is 2.05 bits per heavy atom. The molecule has 1 aromatic heterocycles. The number of ether oxygens (including phenoxy) is 1. The monoisotopic (exact) mass is 289 g/mol. The molecule has 4 nitrogen and oxygen atoms in total. The highest BCUT2D eigenvalue weighted by Crippen LogP contribution is 2.32. The molecule has 1 aromatic carbocycles. The van der Waals surface area contributed by atoms with Crippen molar-refractivity contribution in [2.75, 3.05) is 0 Å². The highest BCUT2D eigenvalue weighted by molar-refractivity contribution is 6.30. The van der Waals surface area contributed by atoms with Crippen LogP contribution in [0.15, 0.2) is 24.5 Å². The van der Waals surface area contributed by atoms with Crippen molar-refractivity contribution in [3.63, 3.8) is 0 Å². The molecule has 0 spiro atoms. The fourth-order valence-corrected chi connectivity index (χ4v) is 2.64. The summed E-state index contributed by atoms with van der Waals surface area (Å²) in [5.74, 6) is 1.30. The van der Waals surface area contributed by atoms with Crippen LogP contribution in [0.4, 0.5) is 0 Å². The predicted molar refractivity (Wildman–Crippen MR) is 78.1 cm³/mol. The molecule has 1 aliphatic carbocycles. The second-order valence-electron chi connectivity index (χ2n) is 4.87. The number of hydrogen-bond acceptors (Lipinski definition) is 4. The number of nitrogens with two attached hydrogens (primary N) is 1. The number of nitrogens with zero attached hydrogens (tertiary/aromatic N) is 2. The van der Waals surface area contributed by atoms with Crippen molar-refractivity contribution in [3.8, 4) is 11.6 Å². The predicted octanol–water partition coefficient (Wildman–Crippen LogP) is 3.26. The molecule has 5 heteroatoms. The zero-order chi connectivity index (χ0) is 13.9. The standard InChI is InChI=1S/C15H16ClN3O/c16-11-6-5-10(8-17)14(7-11)20-15-12-3-1-2-4-13(12)18-9-19-15/h5-7,9H,1-4,8,17H2. The van der Waals surface area contributed by atoms with Gasteiger partial charge in [-0.05, 0) is 37.8 Å². The molecule has 0 fully saturated rings. The van der Waals surface area contributed by atoms with Crippen LogP contribution in [0, 0.1) is 0 Å². The van der Waals surface area contributed by atoms with E-state index in [1.807, 2.05) is 12.1 Å². The number of hydrogen-bond donors (Lipinski definition) is 1. The quantitative estimate of drug-likeness (QED) is 0.942. The van der Waals surface area contributed by atoms with E-state index in [-0.39, 0.29) is 0 Å². The Bertz CT molecular complexity index is 631. The van der Waals surface area contributed by atoms with Crippen LogP contribution >= 0.6 is 11.6 Å². The molecule has 0 bridgehead atoms. The van der Waals surface area contributed by atoms with E-state index < -0.39 is 0 Å². The summed E-state index contributed by atoms with van der Waals surface area (Å²) in [5.41, 5.74) is 8.86. The van der Waals surface area contributed by atoms with Gasteiger partial charge in [0.25, 0.3) is 0 Å². The van der Waals surface area contributed by atoms with Crippen LogP contribution in [0.3, 0.4) is 0 Å². The zero-order valence-corrected chi connectivity index (χ0v) is 11.9.